The van der Waals surface area contributed by atoms with E-state index in [0.717, 1.165) is 164 Å². The predicted octanol–water partition coefficient (Wildman–Crippen LogP) is 25.2. The topological polar surface area (TPSA) is 250 Å². The molecule has 2 fully saturated rings. The van der Waals surface area contributed by atoms with Gasteiger partial charge in [-0.1, -0.05) is 195 Å². The standard InChI is InChI=1S/2C32H25FN4O.C29H25FN4O.C28H26N4O2/c1-19-25-14-13-23-28(22-11-7-8-12-26(22)33)36-31(37-30(23)32(25,2)17-27(34-3)29(19)38)21-15-16-35-18-24(21)20-9-5-4-6-10-20;1-19-24-14-13-23-28(22-11-7-8-12-25(22)33)36-31(37-30(23)32(24,2)18-27(34-3)29(19)38)21-15-16-35-26(17-21)20-9-5-4-6-10-20;1-16-22-11-10-20-25(19-6-4-5-7-23(19)30)33-28(18-12-13-32-15-21(18)17-8-9-17)34-27(20)29(22,2)14-24(31-3)26(16)35;1-16-21-12-11-20-25(28(21,2)15-23(29-3)24(16)33)31-26(32-27(20)34-17-7-6-8-17)19-13-14-30-22-10-5-4-9-18(19)22/h4-12,15-19,25H,13-14H2,1-2H3;4-12,15-19,24H,13-14H2,1-2H3;4-7,12-17,22H,8-11H2,1-2H3;4-5,9-10,13-17,21H,6-8,11-12H2,1-2H3/t19-,25-,32-;19-,24-,32-;16-,22-,29-;16-,21-,28-/m1111/s1. The van der Waals surface area contributed by atoms with Crippen LogP contribution in [0.4, 0.5) is 13.2 Å². The molecule has 0 N–H and O–H groups in total. The van der Waals surface area contributed by atoms with Crippen molar-refractivity contribution in [3.8, 4) is 108 Å². The number of benzene rings is 6. The van der Waals surface area contributed by atoms with Crippen LogP contribution in [0.25, 0.3) is 132 Å². The minimum absolute atomic E-state index is 0.0125. The number of halogens is 3. The maximum atomic E-state index is 15.2. The van der Waals surface area contributed by atoms with Crippen LogP contribution in [0.15, 0.2) is 272 Å². The molecule has 14 aromatic rings. The van der Waals surface area contributed by atoms with Crippen molar-refractivity contribution in [2.45, 2.75) is 173 Å². The van der Waals surface area contributed by atoms with Gasteiger partial charge in [0.15, 0.2) is 46.4 Å². The van der Waals surface area contributed by atoms with Gasteiger partial charge in [-0.3, -0.25) is 19.9 Å². The van der Waals surface area contributed by atoms with Gasteiger partial charge in [0, 0.05) is 160 Å². The minimum atomic E-state index is -0.668. The van der Waals surface area contributed by atoms with Crippen LogP contribution in [-0.2, 0) is 66.5 Å². The number of aromatic nitrogens is 12. The first-order valence-corrected chi connectivity index (χ1v) is 49.7. The number of nitrogens with zero attached hydrogens (tertiary/aromatic N) is 16. The Bertz CT molecular complexity index is 8020. The molecule has 10 aliphatic carbocycles. The van der Waals surface area contributed by atoms with Gasteiger partial charge in [-0.05, 0) is 197 Å². The van der Waals surface area contributed by atoms with Crippen LogP contribution in [0.1, 0.15) is 170 Å². The molecule has 2 saturated carbocycles. The van der Waals surface area contributed by atoms with E-state index in [2.05, 4.69) is 60.1 Å². The van der Waals surface area contributed by atoms with Crippen LogP contribution in [-0.4, -0.2) is 89.0 Å². The number of para-hydroxylation sites is 1. The van der Waals surface area contributed by atoms with E-state index in [1.807, 2.05) is 168 Å². The van der Waals surface area contributed by atoms with E-state index in [1.54, 1.807) is 97.7 Å². The molecule has 0 unspecified atom stereocenters. The third-order valence-electron chi connectivity index (χ3n) is 32.2. The SMILES string of the molecule is [C-]#[N+]C1=C[C@@]2(C)c3nc(-c4ccnc(-c5ccccc5)c4)nc(-c4ccccc4F)c3CC[C@@H]2[C@@H](C)C1=O.[C-]#[N+]C1=C[C@@]2(C)c3nc(-c4ccnc5ccccc45)nc(OC4CCC4)c3CC[C@@H]2[C@@H](C)C1=O.[C-]#[N+]C1=C[C@@]2(C)c3nc(-c4ccncc4-c4ccccc4)nc(-c4ccccc4F)c3CC[C@@H]2[C@@H](C)C1=O.[C-]#[N+]C1=C[C@@]2(C)c3nc(-c4ccncc4C4CC4)nc(-c4ccccc4F)c3CC[C@@H]2[C@@H](C)C1=O. The lowest BCUT2D eigenvalue weighted by Crippen LogP contribution is -2.46. The molecule has 24 rings (SSSR count). The molecule has 145 heavy (non-hydrogen) atoms. The van der Waals surface area contributed by atoms with Gasteiger partial charge in [-0.25, -0.2) is 67.4 Å². The van der Waals surface area contributed by atoms with Crippen LogP contribution in [0, 0.1) is 91.1 Å². The molecule has 0 amide bonds. The molecule has 0 spiro atoms. The lowest BCUT2D eigenvalue weighted by molar-refractivity contribution is -0.122. The van der Waals surface area contributed by atoms with Crippen molar-refractivity contribution in [1.29, 1.82) is 0 Å². The summed E-state index contributed by atoms with van der Waals surface area (Å²) in [5, 5.41) is 0.988. The van der Waals surface area contributed by atoms with E-state index in [9.17, 15) is 19.2 Å². The molecule has 0 bridgehead atoms. The number of ketones is 4. The maximum absolute atomic E-state index is 15.2. The van der Waals surface area contributed by atoms with E-state index in [0.29, 0.717) is 88.1 Å². The fourth-order valence-electron chi connectivity index (χ4n) is 24.2. The fraction of sp³-hybridized carbons (Fsp3) is 0.289. The Balaban J connectivity index is 0.000000114. The average Bonchev–Trinajstić information content (AvgIpc) is 1.57. The third kappa shape index (κ3) is 16.8. The zero-order valence-corrected chi connectivity index (χ0v) is 81.5. The number of rotatable bonds is 12. The number of hydrogen-bond donors (Lipinski definition) is 0. The Morgan fingerprint density at radius 2 is 0.724 bits per heavy atom. The molecule has 12 atom stereocenters. The number of carbonyl (C=O) groups is 4. The van der Waals surface area contributed by atoms with Crippen molar-refractivity contribution >= 4 is 34.0 Å². The molecule has 10 aliphatic rings. The Hall–Kier alpha value is -16.3. The third-order valence-corrected chi connectivity index (χ3v) is 32.2. The number of hydrogen-bond acceptors (Lipinski definition) is 17. The van der Waals surface area contributed by atoms with Crippen molar-refractivity contribution in [3.63, 3.8) is 0 Å². The molecule has 6 aromatic carbocycles. The van der Waals surface area contributed by atoms with Gasteiger partial charge in [0.1, 0.15) is 23.6 Å². The molecule has 716 valence electrons. The molecule has 21 nitrogen and oxygen atoms in total. The number of ether oxygens (including phenoxy) is 1. The summed E-state index contributed by atoms with van der Waals surface area (Å²) in [4.78, 5) is 124. The molecular weight excluding hydrogens is 1810 g/mol. The molecule has 8 aromatic heterocycles. The van der Waals surface area contributed by atoms with Gasteiger partial charge in [0.05, 0.1) is 77.4 Å². The number of fused-ring (bicyclic) bond motifs is 13. The number of Topliss-reactive ketones (excluding diaryl/α,β-unsaturated/α-hetero) is 4. The first kappa shape index (κ1) is 94.9. The summed E-state index contributed by atoms with van der Waals surface area (Å²) in [6.07, 6.45) is 29.3. The highest BCUT2D eigenvalue weighted by molar-refractivity contribution is 6.03. The lowest BCUT2D eigenvalue weighted by Gasteiger charge is -2.46. The first-order chi connectivity index (χ1) is 70.2. The summed E-state index contributed by atoms with van der Waals surface area (Å²) < 4.78 is 51.9. The highest BCUT2D eigenvalue weighted by Gasteiger charge is 2.55. The van der Waals surface area contributed by atoms with E-state index >= 15 is 13.2 Å². The van der Waals surface area contributed by atoms with Gasteiger partial charge in [0.25, 0.3) is 0 Å². The van der Waals surface area contributed by atoms with Crippen LogP contribution >= 0.6 is 0 Å². The van der Waals surface area contributed by atoms with Crippen molar-refractivity contribution in [3.05, 3.63) is 386 Å². The molecule has 0 saturated heterocycles. The van der Waals surface area contributed by atoms with Crippen molar-refractivity contribution in [2.24, 2.45) is 47.3 Å². The van der Waals surface area contributed by atoms with Crippen LogP contribution < -0.4 is 4.74 Å². The monoisotopic (exact) mass is 1910 g/mol. The van der Waals surface area contributed by atoms with E-state index in [1.165, 1.54) is 24.6 Å². The lowest BCUT2D eigenvalue weighted by atomic mass is 9.58. The van der Waals surface area contributed by atoms with Crippen LogP contribution in [0.3, 0.4) is 0 Å². The van der Waals surface area contributed by atoms with Crippen molar-refractivity contribution in [1.82, 2.24) is 59.8 Å². The van der Waals surface area contributed by atoms with Gasteiger partial charge < -0.3 is 23.9 Å². The second kappa shape index (κ2) is 38.2. The van der Waals surface area contributed by atoms with Crippen LogP contribution in [0.2, 0.25) is 0 Å². The second-order valence-electron chi connectivity index (χ2n) is 40.5. The van der Waals surface area contributed by atoms with E-state index in [4.69, 9.17) is 70.9 Å². The van der Waals surface area contributed by atoms with Gasteiger partial charge in [-0.2, -0.15) is 4.98 Å². The van der Waals surface area contributed by atoms with Gasteiger partial charge in [-0.15, -0.1) is 0 Å². The van der Waals surface area contributed by atoms with Crippen molar-refractivity contribution < 1.29 is 37.1 Å². The van der Waals surface area contributed by atoms with Gasteiger partial charge in [0.2, 0.25) is 28.7 Å². The molecule has 0 radical (unpaired) electrons. The number of allylic oxidation sites excluding steroid dienone is 8. The summed E-state index contributed by atoms with van der Waals surface area (Å²) in [6.45, 7) is 46.5. The average molecular weight is 1920 g/mol. The number of pyridine rings is 4. The summed E-state index contributed by atoms with van der Waals surface area (Å²) in [5.74, 6) is 0.751. The summed E-state index contributed by atoms with van der Waals surface area (Å²) >= 11 is 0. The Morgan fingerprint density at radius 3 is 1.17 bits per heavy atom. The second-order valence-corrected chi connectivity index (χ2v) is 40.5. The largest absolute Gasteiger partial charge is 0.474 e. The molecule has 8 heterocycles. The zero-order valence-electron chi connectivity index (χ0n) is 81.5. The summed E-state index contributed by atoms with van der Waals surface area (Å²) in [5.41, 5.74) is 17.1. The summed E-state index contributed by atoms with van der Waals surface area (Å²) in [6, 6.07) is 57.4. The highest BCUT2D eigenvalue weighted by Crippen LogP contribution is 2.58. The normalized spacial score (nSPS) is 23.9. The highest BCUT2D eigenvalue weighted by atomic mass is 19.1. The predicted molar refractivity (Wildman–Crippen MR) is 548 cm³/mol. The summed E-state index contributed by atoms with van der Waals surface area (Å²) in [7, 11) is 0. The maximum Gasteiger partial charge on any atom is 0.226 e. The fourth-order valence-corrected chi connectivity index (χ4v) is 24.2. The molecular formula is C121H101F3N16O5. The molecule has 24 heteroatoms. The smallest absolute Gasteiger partial charge is 0.226 e. The van der Waals surface area contributed by atoms with E-state index < -0.39 is 21.7 Å². The first-order valence-electron chi connectivity index (χ1n) is 49.7. The quantitative estimate of drug-likeness (QED) is 0.103. The van der Waals surface area contributed by atoms with Crippen molar-refractivity contribution in [2.75, 3.05) is 0 Å². The van der Waals surface area contributed by atoms with E-state index in [-0.39, 0.29) is 117 Å². The zero-order chi connectivity index (χ0) is 101. The minimum Gasteiger partial charge on any atom is -0.474 e. The molecule has 0 aliphatic heterocycles. The Morgan fingerprint density at radius 1 is 0.345 bits per heavy atom. The Labute approximate surface area is 839 Å². The van der Waals surface area contributed by atoms with Gasteiger partial charge >= 0.3 is 0 Å². The number of carbonyl (C=O) groups excluding carboxylic acids is 4. The van der Waals surface area contributed by atoms with Crippen LogP contribution in [0.5, 0.6) is 5.88 Å². The Kier molecular flexibility index (Phi) is 25.0.